The third kappa shape index (κ3) is 5.02. The Morgan fingerprint density at radius 3 is 1.77 bits per heavy atom. The van der Waals surface area contributed by atoms with Crippen LogP contribution < -0.4 is 5.32 Å². The fraction of sp³-hybridized carbons (Fsp3) is 0.480. The first kappa shape index (κ1) is 20.9. The Morgan fingerprint density at radius 1 is 0.733 bits per heavy atom. The van der Waals surface area contributed by atoms with Crippen molar-refractivity contribution in [3.63, 3.8) is 0 Å². The standard InChI is InChI=1S/C25H34N4O/c1-21(27-15-9-4-10-16-27)28-17-19-29(20-18-28)25(30)26-24(22-11-5-2-6-12-22)23-13-7-3-8-14-23/h2-3,5-8,11-14,21,24H,4,9-10,15-20H2,1H3,(H,26,30)/t21-/m0/s1. The summed E-state index contributed by atoms with van der Waals surface area (Å²) in [5, 5.41) is 3.28. The van der Waals surface area contributed by atoms with Gasteiger partial charge in [0.25, 0.3) is 0 Å². The summed E-state index contributed by atoms with van der Waals surface area (Å²) in [5.74, 6) is 0. The average Bonchev–Trinajstić information content (AvgIpc) is 2.83. The highest BCUT2D eigenvalue weighted by Crippen LogP contribution is 2.22. The first-order chi connectivity index (χ1) is 14.7. The highest BCUT2D eigenvalue weighted by Gasteiger charge is 2.28. The molecule has 2 saturated heterocycles. The van der Waals surface area contributed by atoms with Crippen molar-refractivity contribution in [2.24, 2.45) is 0 Å². The number of nitrogens with one attached hydrogen (secondary N) is 1. The number of piperidine rings is 1. The molecule has 2 heterocycles. The van der Waals surface area contributed by atoms with Crippen LogP contribution in [0.25, 0.3) is 0 Å². The van der Waals surface area contributed by atoms with Gasteiger partial charge in [-0.2, -0.15) is 0 Å². The number of carbonyl (C=O) groups is 1. The van der Waals surface area contributed by atoms with Crippen molar-refractivity contribution in [1.29, 1.82) is 0 Å². The zero-order chi connectivity index (χ0) is 20.8. The van der Waals surface area contributed by atoms with Crippen molar-refractivity contribution >= 4 is 6.03 Å². The van der Waals surface area contributed by atoms with Gasteiger partial charge in [-0.15, -0.1) is 0 Å². The molecule has 1 atom stereocenters. The zero-order valence-electron chi connectivity index (χ0n) is 18.0. The molecule has 2 aromatic rings. The minimum atomic E-state index is -0.134. The van der Waals surface area contributed by atoms with Crippen LogP contribution in [0, 0.1) is 0 Å². The lowest BCUT2D eigenvalue weighted by Crippen LogP contribution is -2.58. The second-order valence-corrected chi connectivity index (χ2v) is 8.46. The van der Waals surface area contributed by atoms with Gasteiger partial charge in [0.1, 0.15) is 0 Å². The smallest absolute Gasteiger partial charge is 0.318 e. The normalized spacial score (nSPS) is 19.6. The van der Waals surface area contributed by atoms with Gasteiger partial charge in [0.2, 0.25) is 0 Å². The monoisotopic (exact) mass is 406 g/mol. The molecule has 160 valence electrons. The first-order valence-corrected chi connectivity index (χ1v) is 11.4. The molecule has 4 rings (SSSR count). The molecule has 2 aliphatic rings. The minimum absolute atomic E-state index is 0.0259. The lowest BCUT2D eigenvalue weighted by molar-refractivity contribution is 0.0156. The molecule has 0 aromatic heterocycles. The van der Waals surface area contributed by atoms with E-state index in [-0.39, 0.29) is 12.1 Å². The summed E-state index contributed by atoms with van der Waals surface area (Å²) < 4.78 is 0. The molecular weight excluding hydrogens is 372 g/mol. The molecule has 0 aliphatic carbocycles. The van der Waals surface area contributed by atoms with Crippen LogP contribution in [0.4, 0.5) is 4.79 Å². The summed E-state index contributed by atoms with van der Waals surface area (Å²) in [6, 6.07) is 20.3. The van der Waals surface area contributed by atoms with E-state index in [2.05, 4.69) is 46.3 Å². The number of benzene rings is 2. The molecule has 0 radical (unpaired) electrons. The van der Waals surface area contributed by atoms with E-state index in [0.29, 0.717) is 6.17 Å². The number of likely N-dealkylation sites (tertiary alicyclic amines) is 1. The van der Waals surface area contributed by atoms with Crippen molar-refractivity contribution in [1.82, 2.24) is 20.0 Å². The molecule has 2 amide bonds. The van der Waals surface area contributed by atoms with Crippen molar-refractivity contribution in [2.45, 2.75) is 38.4 Å². The Morgan fingerprint density at radius 2 is 1.23 bits per heavy atom. The maximum absolute atomic E-state index is 13.1. The molecule has 2 aromatic carbocycles. The number of piperazine rings is 1. The van der Waals surface area contributed by atoms with Crippen LogP contribution in [-0.2, 0) is 0 Å². The van der Waals surface area contributed by atoms with Gasteiger partial charge < -0.3 is 10.2 Å². The van der Waals surface area contributed by atoms with Crippen molar-refractivity contribution < 1.29 is 4.79 Å². The summed E-state index contributed by atoms with van der Waals surface area (Å²) in [5.41, 5.74) is 2.21. The third-order valence-corrected chi connectivity index (χ3v) is 6.58. The fourth-order valence-corrected chi connectivity index (χ4v) is 4.69. The van der Waals surface area contributed by atoms with Crippen molar-refractivity contribution in [3.05, 3.63) is 71.8 Å². The minimum Gasteiger partial charge on any atom is -0.327 e. The molecule has 5 nitrogen and oxygen atoms in total. The molecule has 2 fully saturated rings. The molecule has 0 saturated carbocycles. The van der Waals surface area contributed by atoms with E-state index in [1.54, 1.807) is 0 Å². The van der Waals surface area contributed by atoms with Gasteiger partial charge in [-0.3, -0.25) is 9.80 Å². The van der Waals surface area contributed by atoms with Gasteiger partial charge in [0.15, 0.2) is 0 Å². The van der Waals surface area contributed by atoms with Crippen LogP contribution in [0.2, 0.25) is 0 Å². The van der Waals surface area contributed by atoms with Crippen molar-refractivity contribution in [3.8, 4) is 0 Å². The van der Waals surface area contributed by atoms with Crippen molar-refractivity contribution in [2.75, 3.05) is 39.3 Å². The van der Waals surface area contributed by atoms with Gasteiger partial charge in [-0.1, -0.05) is 67.1 Å². The first-order valence-electron chi connectivity index (χ1n) is 11.4. The van der Waals surface area contributed by atoms with Gasteiger partial charge >= 0.3 is 6.03 Å². The van der Waals surface area contributed by atoms with E-state index in [4.69, 9.17) is 0 Å². The highest BCUT2D eigenvalue weighted by molar-refractivity contribution is 5.75. The average molecular weight is 407 g/mol. The van der Waals surface area contributed by atoms with Gasteiger partial charge in [-0.05, 0) is 44.0 Å². The predicted octanol–water partition coefficient (Wildman–Crippen LogP) is 3.94. The number of nitrogens with zero attached hydrogens (tertiary/aromatic N) is 3. The van der Waals surface area contributed by atoms with E-state index >= 15 is 0 Å². The summed E-state index contributed by atoms with van der Waals surface area (Å²) in [6.45, 7) is 8.16. The third-order valence-electron chi connectivity index (χ3n) is 6.58. The zero-order valence-corrected chi connectivity index (χ0v) is 18.0. The maximum atomic E-state index is 13.1. The van der Waals surface area contributed by atoms with Crippen LogP contribution in [0.5, 0.6) is 0 Å². The summed E-state index contributed by atoms with van der Waals surface area (Å²) in [7, 11) is 0. The van der Waals surface area contributed by atoms with Gasteiger partial charge in [0, 0.05) is 26.2 Å². The van der Waals surface area contributed by atoms with Gasteiger partial charge in [-0.25, -0.2) is 4.79 Å². The second kappa shape index (κ2) is 10.1. The summed E-state index contributed by atoms with van der Waals surface area (Å²) in [6.07, 6.45) is 4.46. The fourth-order valence-electron chi connectivity index (χ4n) is 4.69. The van der Waals surface area contributed by atoms with Crippen LogP contribution in [0.3, 0.4) is 0 Å². The summed E-state index contributed by atoms with van der Waals surface area (Å²) in [4.78, 5) is 20.2. The molecule has 5 heteroatoms. The Kier molecular flexibility index (Phi) is 7.03. The molecule has 2 aliphatic heterocycles. The number of carbonyl (C=O) groups excluding carboxylic acids is 1. The van der Waals surface area contributed by atoms with E-state index in [1.807, 2.05) is 41.3 Å². The Labute approximate surface area is 180 Å². The van der Waals surface area contributed by atoms with E-state index in [9.17, 15) is 4.79 Å². The lowest BCUT2D eigenvalue weighted by Gasteiger charge is -2.43. The SMILES string of the molecule is C[C@@H](N1CCCCC1)N1CCN(C(=O)NC(c2ccccc2)c2ccccc2)CC1. The topological polar surface area (TPSA) is 38.8 Å². The van der Waals surface area contributed by atoms with Crippen LogP contribution in [0.15, 0.2) is 60.7 Å². The van der Waals surface area contributed by atoms with Crippen LogP contribution >= 0.6 is 0 Å². The quantitative estimate of drug-likeness (QED) is 0.818. The van der Waals surface area contributed by atoms with Crippen LogP contribution in [-0.4, -0.2) is 66.2 Å². The molecule has 0 bridgehead atoms. The Balaban J connectivity index is 1.37. The molecule has 1 N–H and O–H groups in total. The molecular formula is C25H34N4O. The number of hydrogen-bond acceptors (Lipinski definition) is 3. The maximum Gasteiger partial charge on any atom is 0.318 e. The molecule has 0 unspecified atom stereocenters. The summed E-state index contributed by atoms with van der Waals surface area (Å²) >= 11 is 0. The molecule has 30 heavy (non-hydrogen) atoms. The van der Waals surface area contributed by atoms with E-state index < -0.39 is 0 Å². The van der Waals surface area contributed by atoms with E-state index in [0.717, 1.165) is 37.3 Å². The van der Waals surface area contributed by atoms with Gasteiger partial charge in [0.05, 0.1) is 12.2 Å². The number of hydrogen-bond donors (Lipinski definition) is 1. The predicted molar refractivity (Wildman–Crippen MR) is 121 cm³/mol. The lowest BCUT2D eigenvalue weighted by atomic mass is 9.99. The van der Waals surface area contributed by atoms with E-state index in [1.165, 1.54) is 32.4 Å². The largest absolute Gasteiger partial charge is 0.327 e. The Hall–Kier alpha value is -2.37. The second-order valence-electron chi connectivity index (χ2n) is 8.46. The number of rotatable bonds is 5. The number of urea groups is 1. The Bertz CT molecular complexity index is 744. The molecule has 0 spiro atoms. The highest BCUT2D eigenvalue weighted by atomic mass is 16.2. The number of amides is 2. The van der Waals surface area contributed by atoms with Crippen LogP contribution in [0.1, 0.15) is 43.4 Å².